The Kier molecular flexibility index (Phi) is 4.74. The maximum absolute atomic E-state index is 5.10. The quantitative estimate of drug-likeness (QED) is 0.321. The van der Waals surface area contributed by atoms with E-state index in [1.807, 2.05) is 30.6 Å². The van der Waals surface area contributed by atoms with Crippen molar-refractivity contribution in [1.82, 2.24) is 34.1 Å². The number of pyridine rings is 2. The Labute approximate surface area is 186 Å². The van der Waals surface area contributed by atoms with Crippen LogP contribution in [0.2, 0.25) is 0 Å². The highest BCUT2D eigenvalue weighted by molar-refractivity contribution is 5.82. The number of nitrogens with one attached hydrogen (secondary N) is 1. The van der Waals surface area contributed by atoms with E-state index in [2.05, 4.69) is 49.3 Å². The van der Waals surface area contributed by atoms with E-state index in [0.29, 0.717) is 6.04 Å². The van der Waals surface area contributed by atoms with Gasteiger partial charge < -0.3 is 14.1 Å². The maximum atomic E-state index is 5.10. The molecule has 7 nitrogen and oxygen atoms in total. The summed E-state index contributed by atoms with van der Waals surface area (Å²) in [4.78, 5) is 22.5. The lowest BCUT2D eigenvalue weighted by Crippen LogP contribution is -2.05. The smallest absolute Gasteiger partial charge is 0.179 e. The van der Waals surface area contributed by atoms with Gasteiger partial charge in [-0.3, -0.25) is 4.98 Å². The Balaban J connectivity index is 1.46. The molecule has 0 spiro atoms. The number of aryl methyl sites for hydroxylation is 1. The summed E-state index contributed by atoms with van der Waals surface area (Å²) >= 11 is 0. The number of imidazole rings is 2. The van der Waals surface area contributed by atoms with Crippen LogP contribution in [0.5, 0.6) is 0 Å². The molecule has 1 fully saturated rings. The lowest BCUT2D eigenvalue weighted by Gasteiger charge is -2.10. The Morgan fingerprint density at radius 1 is 1.00 bits per heavy atom. The van der Waals surface area contributed by atoms with Crippen LogP contribution in [0.4, 0.5) is 0 Å². The molecule has 1 aliphatic rings. The molecule has 1 saturated carbocycles. The number of aromatic nitrogens is 7. The van der Waals surface area contributed by atoms with Crippen molar-refractivity contribution >= 4 is 22.2 Å². The fraction of sp³-hybridized carbons (Fsp3) is 0.360. The molecule has 0 aliphatic heterocycles. The van der Waals surface area contributed by atoms with Gasteiger partial charge in [-0.05, 0) is 49.6 Å². The van der Waals surface area contributed by atoms with E-state index < -0.39 is 0 Å². The van der Waals surface area contributed by atoms with Gasteiger partial charge >= 0.3 is 0 Å². The predicted molar refractivity (Wildman–Crippen MR) is 126 cm³/mol. The Morgan fingerprint density at radius 3 is 2.72 bits per heavy atom. The molecule has 0 bridgehead atoms. The molecule has 5 aromatic heterocycles. The van der Waals surface area contributed by atoms with Crippen molar-refractivity contribution in [1.29, 1.82) is 0 Å². The average molecular weight is 426 g/mol. The molecule has 7 heteroatoms. The van der Waals surface area contributed by atoms with E-state index in [9.17, 15) is 0 Å². The topological polar surface area (TPSA) is 77.2 Å². The van der Waals surface area contributed by atoms with E-state index in [4.69, 9.17) is 9.97 Å². The number of hydrogen-bond donors (Lipinski definition) is 1. The Bertz CT molecular complexity index is 1350. The van der Waals surface area contributed by atoms with Crippen molar-refractivity contribution in [3.05, 3.63) is 48.9 Å². The molecule has 5 heterocycles. The fourth-order valence-corrected chi connectivity index (χ4v) is 4.47. The van der Waals surface area contributed by atoms with Crippen molar-refractivity contribution in [3.8, 4) is 23.0 Å². The van der Waals surface area contributed by atoms with Crippen LogP contribution in [0, 0.1) is 0 Å². The van der Waals surface area contributed by atoms with Gasteiger partial charge in [0.1, 0.15) is 5.69 Å². The molecule has 0 unspecified atom stereocenters. The summed E-state index contributed by atoms with van der Waals surface area (Å²) in [5.74, 6) is 1.85. The SMILES string of the molecule is CCCCCCn1c(-c2nc(-c3cc4ncccc4[nH]3)cn2C2CC2)nc2ncccc21. The number of rotatable bonds is 8. The molecule has 0 amide bonds. The second-order valence-electron chi connectivity index (χ2n) is 8.70. The van der Waals surface area contributed by atoms with Gasteiger partial charge in [-0.1, -0.05) is 26.2 Å². The minimum atomic E-state index is 0.495. The first kappa shape index (κ1) is 19.2. The monoisotopic (exact) mass is 425 g/mol. The van der Waals surface area contributed by atoms with Crippen LogP contribution in [0.15, 0.2) is 48.9 Å². The van der Waals surface area contributed by atoms with Crippen molar-refractivity contribution in [3.63, 3.8) is 0 Å². The first-order chi connectivity index (χ1) is 15.8. The van der Waals surface area contributed by atoms with Gasteiger partial charge in [-0.2, -0.15) is 0 Å². The zero-order chi connectivity index (χ0) is 21.5. The van der Waals surface area contributed by atoms with Crippen molar-refractivity contribution < 1.29 is 0 Å². The zero-order valence-corrected chi connectivity index (χ0v) is 18.3. The third-order valence-electron chi connectivity index (χ3n) is 6.30. The summed E-state index contributed by atoms with van der Waals surface area (Å²) in [5.41, 5.74) is 5.78. The Hall–Kier alpha value is -3.48. The fourth-order valence-electron chi connectivity index (χ4n) is 4.47. The number of hydrogen-bond acceptors (Lipinski definition) is 4. The summed E-state index contributed by atoms with van der Waals surface area (Å²) in [6, 6.07) is 10.7. The van der Waals surface area contributed by atoms with Gasteiger partial charge in [0.2, 0.25) is 0 Å². The van der Waals surface area contributed by atoms with Gasteiger partial charge in [0, 0.05) is 31.2 Å². The number of fused-ring (bicyclic) bond motifs is 2. The first-order valence-electron chi connectivity index (χ1n) is 11.7. The molecule has 0 radical (unpaired) electrons. The van der Waals surface area contributed by atoms with E-state index in [1.165, 1.54) is 32.1 Å². The van der Waals surface area contributed by atoms with Crippen molar-refractivity contribution in [2.75, 3.05) is 0 Å². The first-order valence-corrected chi connectivity index (χ1v) is 11.7. The number of nitrogens with zero attached hydrogens (tertiary/aromatic N) is 6. The van der Waals surface area contributed by atoms with Gasteiger partial charge in [0.05, 0.1) is 22.2 Å². The second kappa shape index (κ2) is 7.89. The molecular formula is C25H27N7. The predicted octanol–water partition coefficient (Wildman–Crippen LogP) is 5.75. The van der Waals surface area contributed by atoms with Gasteiger partial charge in [-0.25, -0.2) is 15.0 Å². The highest BCUT2D eigenvalue weighted by Gasteiger charge is 2.30. The second-order valence-corrected chi connectivity index (χ2v) is 8.70. The molecule has 162 valence electrons. The van der Waals surface area contributed by atoms with Crippen LogP contribution in [0.3, 0.4) is 0 Å². The number of aromatic amines is 1. The van der Waals surface area contributed by atoms with Crippen LogP contribution in [0.1, 0.15) is 51.5 Å². The molecular weight excluding hydrogens is 398 g/mol. The standard InChI is InChI=1S/C25H27N7/c1-2-3-4-5-14-31-22-9-7-13-27-23(22)30-25(31)24-29-21(16-32(24)17-10-11-17)20-15-19-18(28-20)8-6-12-26-19/h6-9,12-13,15-17,28H,2-5,10-11,14H2,1H3. The summed E-state index contributed by atoms with van der Waals surface area (Å²) in [6.07, 6.45) is 13.0. The molecule has 5 aromatic rings. The van der Waals surface area contributed by atoms with Gasteiger partial charge in [-0.15, -0.1) is 0 Å². The van der Waals surface area contributed by atoms with E-state index in [0.717, 1.165) is 58.2 Å². The molecule has 0 saturated heterocycles. The molecule has 32 heavy (non-hydrogen) atoms. The van der Waals surface area contributed by atoms with Gasteiger partial charge in [0.15, 0.2) is 17.3 Å². The number of unbranched alkanes of at least 4 members (excludes halogenated alkanes) is 3. The lowest BCUT2D eigenvalue weighted by molar-refractivity contribution is 0.591. The van der Waals surface area contributed by atoms with Crippen LogP contribution in [-0.2, 0) is 6.54 Å². The molecule has 0 aromatic carbocycles. The normalized spacial score (nSPS) is 14.0. The minimum absolute atomic E-state index is 0.495. The highest BCUT2D eigenvalue weighted by atomic mass is 15.2. The lowest BCUT2D eigenvalue weighted by atomic mass is 10.2. The largest absolute Gasteiger partial charge is 0.352 e. The van der Waals surface area contributed by atoms with Crippen LogP contribution in [0.25, 0.3) is 45.2 Å². The summed E-state index contributed by atoms with van der Waals surface area (Å²) < 4.78 is 4.63. The Morgan fingerprint density at radius 2 is 1.88 bits per heavy atom. The van der Waals surface area contributed by atoms with Crippen LogP contribution in [-0.4, -0.2) is 34.1 Å². The van der Waals surface area contributed by atoms with Crippen molar-refractivity contribution in [2.24, 2.45) is 0 Å². The highest BCUT2D eigenvalue weighted by Crippen LogP contribution is 2.40. The zero-order valence-electron chi connectivity index (χ0n) is 18.3. The third kappa shape index (κ3) is 3.38. The van der Waals surface area contributed by atoms with Gasteiger partial charge in [0.25, 0.3) is 0 Å². The molecule has 6 rings (SSSR count). The number of H-pyrrole nitrogens is 1. The summed E-state index contributed by atoms with van der Waals surface area (Å²) in [5, 5.41) is 0. The van der Waals surface area contributed by atoms with E-state index >= 15 is 0 Å². The molecule has 1 N–H and O–H groups in total. The maximum Gasteiger partial charge on any atom is 0.179 e. The van der Waals surface area contributed by atoms with Crippen LogP contribution >= 0.6 is 0 Å². The minimum Gasteiger partial charge on any atom is -0.352 e. The van der Waals surface area contributed by atoms with E-state index in [-0.39, 0.29) is 0 Å². The summed E-state index contributed by atoms with van der Waals surface area (Å²) in [6.45, 7) is 3.18. The third-order valence-corrected chi connectivity index (χ3v) is 6.30. The van der Waals surface area contributed by atoms with Crippen molar-refractivity contribution in [2.45, 2.75) is 58.0 Å². The summed E-state index contributed by atoms with van der Waals surface area (Å²) in [7, 11) is 0. The van der Waals surface area contributed by atoms with Crippen LogP contribution < -0.4 is 0 Å². The van der Waals surface area contributed by atoms with E-state index in [1.54, 1.807) is 0 Å². The molecule has 0 atom stereocenters. The average Bonchev–Trinajstić information content (AvgIpc) is 3.27. The molecule has 1 aliphatic carbocycles.